The monoisotopic (exact) mass is 386 g/mol. The van der Waals surface area contributed by atoms with Crippen LogP contribution in [-0.4, -0.2) is 36.4 Å². The highest BCUT2D eigenvalue weighted by Gasteiger charge is 2.24. The lowest BCUT2D eigenvalue weighted by Gasteiger charge is -2.17. The second-order valence-corrected chi connectivity index (χ2v) is 6.75. The predicted molar refractivity (Wildman–Crippen MR) is 105 cm³/mol. The molecular weight excluding hydrogens is 360 g/mol. The van der Waals surface area contributed by atoms with Crippen molar-refractivity contribution in [1.82, 2.24) is 0 Å². The quantitative estimate of drug-likeness (QED) is 0.612. The van der Waals surface area contributed by atoms with Crippen LogP contribution >= 0.6 is 0 Å². The van der Waals surface area contributed by atoms with E-state index in [1.165, 1.54) is 0 Å². The molecule has 2 N–H and O–H groups in total. The summed E-state index contributed by atoms with van der Waals surface area (Å²) in [5, 5.41) is 19.1. The lowest BCUT2D eigenvalue weighted by molar-refractivity contribution is -0.145. The molecule has 0 saturated heterocycles. The highest BCUT2D eigenvalue weighted by Crippen LogP contribution is 2.23. The minimum atomic E-state index is -0.913. The molecule has 2 rings (SSSR count). The summed E-state index contributed by atoms with van der Waals surface area (Å²) < 4.78 is 10.2. The Labute approximate surface area is 164 Å². The number of benzene rings is 2. The second kappa shape index (κ2) is 10.3. The van der Waals surface area contributed by atoms with E-state index in [4.69, 9.17) is 9.47 Å². The summed E-state index contributed by atoms with van der Waals surface area (Å²) in [6, 6.07) is 14.5. The first-order valence-corrected chi connectivity index (χ1v) is 9.14. The first-order valence-electron chi connectivity index (χ1n) is 9.14. The number of ether oxygens (including phenoxy) is 2. The normalized spacial score (nSPS) is 12.8. The molecule has 0 aliphatic heterocycles. The van der Waals surface area contributed by atoms with E-state index >= 15 is 0 Å². The molecule has 0 radical (unpaired) electrons. The summed E-state index contributed by atoms with van der Waals surface area (Å²) in [5.41, 5.74) is 1.77. The molecule has 150 valence electrons. The van der Waals surface area contributed by atoms with Crippen LogP contribution in [-0.2, 0) is 22.4 Å². The molecule has 0 spiro atoms. The van der Waals surface area contributed by atoms with Gasteiger partial charge in [-0.25, -0.2) is 0 Å². The number of hydrogen-bond acceptors (Lipinski definition) is 4. The van der Waals surface area contributed by atoms with Crippen molar-refractivity contribution in [1.29, 1.82) is 0 Å². The van der Waals surface area contributed by atoms with Crippen LogP contribution in [0, 0.1) is 11.8 Å². The van der Waals surface area contributed by atoms with Crippen LogP contribution in [0.15, 0.2) is 48.5 Å². The Morgan fingerprint density at radius 1 is 0.714 bits per heavy atom. The zero-order chi connectivity index (χ0) is 20.5. The Morgan fingerprint density at radius 3 is 1.29 bits per heavy atom. The van der Waals surface area contributed by atoms with Gasteiger partial charge in [-0.05, 0) is 61.1 Å². The van der Waals surface area contributed by atoms with Gasteiger partial charge in [0.1, 0.15) is 11.5 Å². The summed E-state index contributed by atoms with van der Waals surface area (Å²) in [4.78, 5) is 23.3. The van der Waals surface area contributed by atoms with Crippen molar-refractivity contribution in [2.45, 2.75) is 25.7 Å². The molecule has 0 aliphatic rings. The molecule has 2 aromatic carbocycles. The smallest absolute Gasteiger partial charge is 0.306 e. The number of carbonyl (C=O) groups is 2. The average molecular weight is 386 g/mol. The molecule has 0 heterocycles. The van der Waals surface area contributed by atoms with Crippen molar-refractivity contribution < 1.29 is 29.3 Å². The fourth-order valence-corrected chi connectivity index (χ4v) is 3.12. The number of carboxylic acids is 2. The van der Waals surface area contributed by atoms with Crippen molar-refractivity contribution in [2.75, 3.05) is 14.2 Å². The molecule has 0 amide bonds. The minimum Gasteiger partial charge on any atom is -0.497 e. The number of carboxylic acid groups (broad SMARTS) is 2. The highest BCUT2D eigenvalue weighted by molar-refractivity contribution is 5.72. The molecule has 2 unspecified atom stereocenters. The van der Waals surface area contributed by atoms with E-state index in [1.807, 2.05) is 24.3 Å². The molecule has 6 heteroatoms. The molecular formula is C22H26O6. The fourth-order valence-electron chi connectivity index (χ4n) is 3.12. The molecule has 0 saturated carbocycles. The first kappa shape index (κ1) is 21.3. The molecule has 6 nitrogen and oxygen atoms in total. The maximum Gasteiger partial charge on any atom is 0.306 e. The van der Waals surface area contributed by atoms with E-state index in [0.29, 0.717) is 37.2 Å². The third kappa shape index (κ3) is 6.30. The SMILES string of the molecule is COc1ccc(CC(CCC(Cc2ccc(OC)cc2)C(=O)O)C(=O)O)cc1. The molecule has 0 bridgehead atoms. The van der Waals surface area contributed by atoms with Crippen molar-refractivity contribution in [3.8, 4) is 11.5 Å². The van der Waals surface area contributed by atoms with Gasteiger partial charge in [0.2, 0.25) is 0 Å². The Balaban J connectivity index is 1.99. The van der Waals surface area contributed by atoms with Crippen LogP contribution in [0.1, 0.15) is 24.0 Å². The van der Waals surface area contributed by atoms with Crippen LogP contribution in [0.3, 0.4) is 0 Å². The summed E-state index contributed by atoms with van der Waals surface area (Å²) in [5.74, 6) is -1.67. The van der Waals surface area contributed by atoms with E-state index in [1.54, 1.807) is 38.5 Å². The van der Waals surface area contributed by atoms with Crippen LogP contribution in [0.2, 0.25) is 0 Å². The summed E-state index contributed by atoms with van der Waals surface area (Å²) in [6.45, 7) is 0. The maximum atomic E-state index is 11.7. The summed E-state index contributed by atoms with van der Waals surface area (Å²) in [6.07, 6.45) is 1.31. The molecule has 0 aromatic heterocycles. The van der Waals surface area contributed by atoms with Crippen LogP contribution in [0.25, 0.3) is 0 Å². The maximum absolute atomic E-state index is 11.7. The number of methoxy groups -OCH3 is 2. The second-order valence-electron chi connectivity index (χ2n) is 6.75. The van der Waals surface area contributed by atoms with Gasteiger partial charge in [-0.2, -0.15) is 0 Å². The highest BCUT2D eigenvalue weighted by atomic mass is 16.5. The largest absolute Gasteiger partial charge is 0.497 e. The van der Waals surface area contributed by atoms with Crippen LogP contribution < -0.4 is 9.47 Å². The van der Waals surface area contributed by atoms with Gasteiger partial charge >= 0.3 is 11.9 Å². The molecule has 0 aliphatic carbocycles. The van der Waals surface area contributed by atoms with Gasteiger partial charge in [-0.15, -0.1) is 0 Å². The standard InChI is InChI=1S/C22H26O6/c1-27-19-9-3-15(4-10-19)13-17(21(23)24)7-8-18(22(25)26)14-16-5-11-20(28-2)12-6-16/h3-6,9-12,17-18H,7-8,13-14H2,1-2H3,(H,23,24)(H,25,26). The number of hydrogen-bond donors (Lipinski definition) is 2. The van der Waals surface area contributed by atoms with Crippen molar-refractivity contribution >= 4 is 11.9 Å². The summed E-state index contributed by atoms with van der Waals surface area (Å²) in [7, 11) is 3.15. The van der Waals surface area contributed by atoms with Gasteiger partial charge < -0.3 is 19.7 Å². The summed E-state index contributed by atoms with van der Waals surface area (Å²) >= 11 is 0. The van der Waals surface area contributed by atoms with E-state index < -0.39 is 23.8 Å². The number of aliphatic carboxylic acids is 2. The van der Waals surface area contributed by atoms with Crippen LogP contribution in [0.4, 0.5) is 0 Å². The molecule has 28 heavy (non-hydrogen) atoms. The van der Waals surface area contributed by atoms with Gasteiger partial charge in [-0.3, -0.25) is 9.59 Å². The van der Waals surface area contributed by atoms with Gasteiger partial charge in [0, 0.05) is 0 Å². The Kier molecular flexibility index (Phi) is 7.87. The van der Waals surface area contributed by atoms with Gasteiger partial charge in [0.15, 0.2) is 0 Å². The topological polar surface area (TPSA) is 93.1 Å². The Bertz CT molecular complexity index is 699. The molecule has 0 fully saturated rings. The average Bonchev–Trinajstić information content (AvgIpc) is 2.70. The number of rotatable bonds is 11. The lowest BCUT2D eigenvalue weighted by Crippen LogP contribution is -2.22. The zero-order valence-electron chi connectivity index (χ0n) is 16.1. The van der Waals surface area contributed by atoms with E-state index in [9.17, 15) is 19.8 Å². The fraction of sp³-hybridized carbons (Fsp3) is 0.364. The van der Waals surface area contributed by atoms with Crippen LogP contribution in [0.5, 0.6) is 11.5 Å². The van der Waals surface area contributed by atoms with E-state index in [0.717, 1.165) is 11.1 Å². The molecule has 2 aromatic rings. The Hall–Kier alpha value is -3.02. The van der Waals surface area contributed by atoms with E-state index in [-0.39, 0.29) is 0 Å². The van der Waals surface area contributed by atoms with Crippen molar-refractivity contribution in [2.24, 2.45) is 11.8 Å². The first-order chi connectivity index (χ1) is 13.4. The third-order valence-corrected chi connectivity index (χ3v) is 4.84. The lowest BCUT2D eigenvalue weighted by atomic mass is 9.88. The Morgan fingerprint density at radius 2 is 1.04 bits per heavy atom. The third-order valence-electron chi connectivity index (χ3n) is 4.84. The predicted octanol–water partition coefficient (Wildman–Crippen LogP) is 3.67. The van der Waals surface area contributed by atoms with Gasteiger partial charge in [0.25, 0.3) is 0 Å². The minimum absolute atomic E-state index is 0.300. The zero-order valence-corrected chi connectivity index (χ0v) is 16.1. The van der Waals surface area contributed by atoms with Gasteiger partial charge in [0.05, 0.1) is 26.1 Å². The van der Waals surface area contributed by atoms with E-state index in [2.05, 4.69) is 0 Å². The van der Waals surface area contributed by atoms with Gasteiger partial charge in [-0.1, -0.05) is 24.3 Å². The van der Waals surface area contributed by atoms with Crippen molar-refractivity contribution in [3.05, 3.63) is 59.7 Å². The molecule has 2 atom stereocenters. The van der Waals surface area contributed by atoms with Crippen molar-refractivity contribution in [3.63, 3.8) is 0 Å².